The van der Waals surface area contributed by atoms with Gasteiger partial charge < -0.3 is 14.8 Å². The molecular weight excluding hydrogens is 332 g/mol. The first-order valence-electron chi connectivity index (χ1n) is 7.43. The van der Waals surface area contributed by atoms with Crippen LogP contribution in [0.1, 0.15) is 37.0 Å². The van der Waals surface area contributed by atoms with Crippen molar-refractivity contribution in [1.82, 2.24) is 5.32 Å². The first-order chi connectivity index (χ1) is 11.4. The van der Waals surface area contributed by atoms with Crippen LogP contribution in [0.4, 0.5) is 5.69 Å². The van der Waals surface area contributed by atoms with Gasteiger partial charge in [-0.05, 0) is 42.9 Å². The molecule has 0 aliphatic heterocycles. The number of ether oxygens (including phenoxy) is 2. The lowest BCUT2D eigenvalue weighted by molar-refractivity contribution is -0.145. The van der Waals surface area contributed by atoms with E-state index >= 15 is 0 Å². The molecule has 0 aliphatic carbocycles. The van der Waals surface area contributed by atoms with Gasteiger partial charge in [0.25, 0.3) is 5.91 Å². The van der Waals surface area contributed by atoms with Gasteiger partial charge in [-0.2, -0.15) is 0 Å². The number of hydrogen-bond acceptors (Lipinski definition) is 6. The highest BCUT2D eigenvalue weighted by atomic mass is 32.1. The summed E-state index contributed by atoms with van der Waals surface area (Å²) in [5.41, 5.74) is 1.03. The Balaban J connectivity index is 2.45. The number of anilines is 1. The van der Waals surface area contributed by atoms with Crippen molar-refractivity contribution in [3.63, 3.8) is 0 Å². The average Bonchev–Trinajstić information content (AvgIpc) is 2.53. The molecule has 0 radical (unpaired) electrons. The van der Waals surface area contributed by atoms with Crippen molar-refractivity contribution in [3.8, 4) is 0 Å². The number of carbonyl (C=O) groups is 3. The van der Waals surface area contributed by atoms with Gasteiger partial charge in [0, 0.05) is 12.6 Å². The van der Waals surface area contributed by atoms with Gasteiger partial charge in [0.05, 0.1) is 12.2 Å². The fraction of sp³-hybridized carbons (Fsp3) is 0.375. The van der Waals surface area contributed by atoms with Crippen molar-refractivity contribution in [2.24, 2.45) is 0 Å². The molecule has 0 aromatic heterocycles. The normalized spacial score (nSPS) is 9.75. The molecule has 0 heterocycles. The van der Waals surface area contributed by atoms with Gasteiger partial charge in [-0.1, -0.05) is 13.3 Å². The maximum absolute atomic E-state index is 11.8. The third-order valence-electron chi connectivity index (χ3n) is 2.77. The second kappa shape index (κ2) is 10.3. The molecule has 1 rings (SSSR count). The zero-order valence-electron chi connectivity index (χ0n) is 13.6. The summed E-state index contributed by atoms with van der Waals surface area (Å²) >= 11 is 4.97. The SMILES string of the molecule is CCCCOC(=O)c1ccc(NC(=S)NC(=O)COC(C)=O)cc1. The quantitative estimate of drug-likeness (QED) is 0.440. The number of nitrogens with one attached hydrogen (secondary N) is 2. The molecule has 0 saturated heterocycles. The van der Waals surface area contributed by atoms with E-state index in [1.165, 1.54) is 6.92 Å². The number of amides is 1. The summed E-state index contributed by atoms with van der Waals surface area (Å²) in [6, 6.07) is 6.47. The highest BCUT2D eigenvalue weighted by Crippen LogP contribution is 2.10. The molecule has 0 atom stereocenters. The summed E-state index contributed by atoms with van der Waals surface area (Å²) in [4.78, 5) is 33.8. The molecule has 0 bridgehead atoms. The Kier molecular flexibility index (Phi) is 8.42. The van der Waals surface area contributed by atoms with Crippen LogP contribution < -0.4 is 10.6 Å². The standard InChI is InChI=1S/C16H20N2O5S/c1-3-4-9-22-15(21)12-5-7-13(8-6-12)17-16(24)18-14(20)10-23-11(2)19/h5-8H,3-4,9-10H2,1-2H3,(H2,17,18,20,24). The highest BCUT2D eigenvalue weighted by Gasteiger charge is 2.09. The lowest BCUT2D eigenvalue weighted by Crippen LogP contribution is -2.36. The van der Waals surface area contributed by atoms with Gasteiger partial charge in [0.2, 0.25) is 0 Å². The largest absolute Gasteiger partial charge is 0.462 e. The van der Waals surface area contributed by atoms with Crippen LogP contribution in [-0.4, -0.2) is 36.2 Å². The zero-order chi connectivity index (χ0) is 17.9. The molecule has 7 nitrogen and oxygen atoms in total. The number of carbonyl (C=O) groups excluding carboxylic acids is 3. The van der Waals surface area contributed by atoms with E-state index in [0.717, 1.165) is 12.8 Å². The van der Waals surface area contributed by atoms with Crippen LogP contribution >= 0.6 is 12.2 Å². The van der Waals surface area contributed by atoms with Gasteiger partial charge in [-0.15, -0.1) is 0 Å². The molecule has 8 heteroatoms. The molecule has 0 saturated carbocycles. The monoisotopic (exact) mass is 352 g/mol. The Morgan fingerprint density at radius 1 is 1.12 bits per heavy atom. The average molecular weight is 352 g/mol. The third-order valence-corrected chi connectivity index (χ3v) is 2.97. The van der Waals surface area contributed by atoms with Crippen molar-refractivity contribution in [1.29, 1.82) is 0 Å². The van der Waals surface area contributed by atoms with Crippen LogP contribution in [0.25, 0.3) is 0 Å². The minimum Gasteiger partial charge on any atom is -0.462 e. The van der Waals surface area contributed by atoms with Crippen LogP contribution in [-0.2, 0) is 19.1 Å². The molecule has 0 unspecified atom stereocenters. The second-order valence-corrected chi connectivity index (χ2v) is 5.26. The predicted molar refractivity (Wildman–Crippen MR) is 92.6 cm³/mol. The van der Waals surface area contributed by atoms with Crippen LogP contribution in [0, 0.1) is 0 Å². The van der Waals surface area contributed by atoms with Crippen molar-refractivity contribution in [2.75, 3.05) is 18.5 Å². The first-order valence-corrected chi connectivity index (χ1v) is 7.84. The summed E-state index contributed by atoms with van der Waals surface area (Å²) in [5.74, 6) is -1.48. The van der Waals surface area contributed by atoms with E-state index in [-0.39, 0.29) is 11.1 Å². The Morgan fingerprint density at radius 3 is 2.38 bits per heavy atom. The Morgan fingerprint density at radius 2 is 1.79 bits per heavy atom. The van der Waals surface area contributed by atoms with Gasteiger partial charge in [0.15, 0.2) is 11.7 Å². The second-order valence-electron chi connectivity index (χ2n) is 4.85. The van der Waals surface area contributed by atoms with Gasteiger partial charge >= 0.3 is 11.9 Å². The minimum atomic E-state index is -0.551. The smallest absolute Gasteiger partial charge is 0.338 e. The summed E-state index contributed by atoms with van der Waals surface area (Å²) < 4.78 is 9.65. The molecular formula is C16H20N2O5S. The minimum absolute atomic E-state index is 0.0606. The fourth-order valence-corrected chi connectivity index (χ4v) is 1.81. The number of unbranched alkanes of at least 4 members (excludes halogenated alkanes) is 1. The van der Waals surface area contributed by atoms with Gasteiger partial charge in [-0.25, -0.2) is 4.79 Å². The van der Waals surface area contributed by atoms with E-state index in [2.05, 4.69) is 15.4 Å². The highest BCUT2D eigenvalue weighted by molar-refractivity contribution is 7.80. The zero-order valence-corrected chi connectivity index (χ0v) is 14.4. The van der Waals surface area contributed by atoms with Crippen molar-refractivity contribution >= 4 is 40.9 Å². The van der Waals surface area contributed by atoms with Crippen LogP contribution in [0.15, 0.2) is 24.3 Å². The van der Waals surface area contributed by atoms with E-state index in [0.29, 0.717) is 17.9 Å². The lowest BCUT2D eigenvalue weighted by Gasteiger charge is -2.10. The lowest BCUT2D eigenvalue weighted by atomic mass is 10.2. The van der Waals surface area contributed by atoms with E-state index in [4.69, 9.17) is 17.0 Å². The van der Waals surface area contributed by atoms with Crippen LogP contribution in [0.5, 0.6) is 0 Å². The number of thiocarbonyl (C=S) groups is 1. The molecule has 1 aromatic rings. The number of rotatable bonds is 7. The van der Waals surface area contributed by atoms with Crippen LogP contribution in [0.2, 0.25) is 0 Å². The van der Waals surface area contributed by atoms with E-state index < -0.39 is 18.5 Å². The van der Waals surface area contributed by atoms with Crippen LogP contribution in [0.3, 0.4) is 0 Å². The van der Waals surface area contributed by atoms with Crippen molar-refractivity contribution < 1.29 is 23.9 Å². The van der Waals surface area contributed by atoms with Crippen molar-refractivity contribution in [3.05, 3.63) is 29.8 Å². The Hall–Kier alpha value is -2.48. The summed E-state index contributed by atoms with van der Waals surface area (Å²) in [6.07, 6.45) is 1.78. The summed E-state index contributed by atoms with van der Waals surface area (Å²) in [5, 5.41) is 5.21. The topological polar surface area (TPSA) is 93.7 Å². The van der Waals surface area contributed by atoms with E-state index in [1.807, 2.05) is 6.92 Å². The molecule has 1 amide bonds. The number of hydrogen-bond donors (Lipinski definition) is 2. The molecule has 1 aromatic carbocycles. The third kappa shape index (κ3) is 7.68. The van der Waals surface area contributed by atoms with Gasteiger partial charge in [0.1, 0.15) is 0 Å². The molecule has 0 spiro atoms. The molecule has 2 N–H and O–H groups in total. The summed E-state index contributed by atoms with van der Waals surface area (Å²) in [6.45, 7) is 3.22. The number of benzene rings is 1. The molecule has 0 aliphatic rings. The predicted octanol–water partition coefficient (Wildman–Crippen LogP) is 2.02. The Bertz CT molecular complexity index is 601. The first kappa shape index (κ1) is 19.6. The maximum Gasteiger partial charge on any atom is 0.338 e. The van der Waals surface area contributed by atoms with Crippen molar-refractivity contribution in [2.45, 2.75) is 26.7 Å². The number of esters is 2. The Labute approximate surface area is 145 Å². The van der Waals surface area contributed by atoms with E-state index in [1.54, 1.807) is 24.3 Å². The summed E-state index contributed by atoms with van der Waals surface area (Å²) in [7, 11) is 0. The van der Waals surface area contributed by atoms with Gasteiger partial charge in [-0.3, -0.25) is 14.9 Å². The molecule has 130 valence electrons. The maximum atomic E-state index is 11.8. The molecule has 24 heavy (non-hydrogen) atoms. The molecule has 0 fully saturated rings. The van der Waals surface area contributed by atoms with E-state index in [9.17, 15) is 14.4 Å². The fourth-order valence-electron chi connectivity index (χ4n) is 1.57.